The molecule has 0 radical (unpaired) electrons. The van der Waals surface area contributed by atoms with E-state index in [1.54, 1.807) is 13.0 Å². The number of allylic oxidation sites excluding steroid dienone is 4. The van der Waals surface area contributed by atoms with E-state index >= 15 is 0 Å². The van der Waals surface area contributed by atoms with Crippen LogP contribution in [0.3, 0.4) is 0 Å². The largest absolute Gasteiger partial charge is 0.547 e. The number of esters is 1. The van der Waals surface area contributed by atoms with E-state index in [9.17, 15) is 4.79 Å². The molecule has 0 N–H and O–H groups in total. The molecule has 0 aliphatic carbocycles. The van der Waals surface area contributed by atoms with Crippen molar-refractivity contribution in [2.75, 3.05) is 6.61 Å². The third kappa shape index (κ3) is 11.8. The zero-order valence-corrected chi connectivity index (χ0v) is 14.3. The molecule has 0 saturated carbocycles. The lowest BCUT2D eigenvalue weighted by molar-refractivity contribution is -0.137. The maximum absolute atomic E-state index is 11.1. The monoisotopic (exact) mass is 296 g/mol. The maximum atomic E-state index is 11.1. The Kier molecular flexibility index (Phi) is 9.81. The number of hydrogen-bond acceptors (Lipinski definition) is 3. The molecule has 0 fully saturated rings. The van der Waals surface area contributed by atoms with Crippen LogP contribution in [-0.2, 0) is 14.0 Å². The van der Waals surface area contributed by atoms with Gasteiger partial charge in [-0.2, -0.15) is 0 Å². The molecule has 20 heavy (non-hydrogen) atoms. The van der Waals surface area contributed by atoms with Gasteiger partial charge >= 0.3 is 5.97 Å². The zero-order chi connectivity index (χ0) is 15.4. The van der Waals surface area contributed by atoms with Gasteiger partial charge in [-0.25, -0.2) is 4.79 Å². The molecule has 0 bridgehead atoms. The van der Waals surface area contributed by atoms with E-state index in [-0.39, 0.29) is 5.97 Å². The summed E-state index contributed by atoms with van der Waals surface area (Å²) < 4.78 is 10.8. The van der Waals surface area contributed by atoms with E-state index in [4.69, 9.17) is 9.16 Å². The molecular weight excluding hydrogens is 268 g/mol. The maximum Gasteiger partial charge on any atom is 0.330 e. The van der Waals surface area contributed by atoms with Crippen molar-refractivity contribution < 1.29 is 14.0 Å². The average Bonchev–Trinajstić information content (AvgIpc) is 2.32. The van der Waals surface area contributed by atoms with Gasteiger partial charge in [-0.3, -0.25) is 0 Å². The van der Waals surface area contributed by atoms with E-state index in [0.717, 1.165) is 31.4 Å². The highest BCUT2D eigenvalue weighted by Gasteiger charge is 2.16. The Hall–Kier alpha value is -1.29. The number of ether oxygens (including phenoxy) is 1. The van der Waals surface area contributed by atoms with Crippen molar-refractivity contribution in [2.24, 2.45) is 0 Å². The van der Waals surface area contributed by atoms with E-state index in [2.05, 4.69) is 26.2 Å². The van der Waals surface area contributed by atoms with E-state index in [0.29, 0.717) is 6.61 Å². The Morgan fingerprint density at radius 3 is 2.50 bits per heavy atom. The van der Waals surface area contributed by atoms with Crippen LogP contribution in [-0.4, -0.2) is 20.9 Å². The molecule has 0 aromatic rings. The molecule has 3 nitrogen and oxygen atoms in total. The molecule has 0 unspecified atom stereocenters. The Bertz CT molecular complexity index is 351. The first kappa shape index (κ1) is 18.7. The SMILES string of the molecule is C=C/C=C(/CCCC/C=C/C(=O)OCC)O[Si](C)(C)C. The molecule has 0 rings (SSSR count). The Morgan fingerprint density at radius 1 is 1.25 bits per heavy atom. The summed E-state index contributed by atoms with van der Waals surface area (Å²) in [4.78, 5) is 11.1. The molecular formula is C16H28O3Si. The first-order valence-corrected chi connectivity index (χ1v) is 10.6. The number of carbonyl (C=O) groups is 1. The molecule has 0 aromatic heterocycles. The second-order valence-corrected chi connectivity index (χ2v) is 9.91. The fourth-order valence-corrected chi connectivity index (χ4v) is 2.58. The topological polar surface area (TPSA) is 35.5 Å². The van der Waals surface area contributed by atoms with Gasteiger partial charge in [0.15, 0.2) is 0 Å². The van der Waals surface area contributed by atoms with Gasteiger partial charge in [0, 0.05) is 12.5 Å². The van der Waals surface area contributed by atoms with Crippen molar-refractivity contribution in [3.05, 3.63) is 36.6 Å². The van der Waals surface area contributed by atoms with Crippen LogP contribution < -0.4 is 0 Å². The fourth-order valence-electron chi connectivity index (χ4n) is 1.62. The number of carbonyl (C=O) groups excluding carboxylic acids is 1. The predicted molar refractivity (Wildman–Crippen MR) is 87.0 cm³/mol. The van der Waals surface area contributed by atoms with Crippen LogP contribution in [0.15, 0.2) is 36.6 Å². The molecule has 4 heteroatoms. The molecule has 0 atom stereocenters. The minimum atomic E-state index is -1.55. The first-order chi connectivity index (χ1) is 9.39. The van der Waals surface area contributed by atoms with E-state index in [1.807, 2.05) is 12.2 Å². The van der Waals surface area contributed by atoms with Gasteiger partial charge in [0.25, 0.3) is 0 Å². The van der Waals surface area contributed by atoms with Crippen molar-refractivity contribution >= 4 is 14.3 Å². The van der Waals surface area contributed by atoms with Crippen LogP contribution in [0, 0.1) is 0 Å². The van der Waals surface area contributed by atoms with Crippen LogP contribution in [0.2, 0.25) is 19.6 Å². The third-order valence-electron chi connectivity index (χ3n) is 2.33. The molecule has 0 spiro atoms. The summed E-state index contributed by atoms with van der Waals surface area (Å²) in [5.41, 5.74) is 0. The second-order valence-electron chi connectivity index (χ2n) is 5.48. The fraction of sp³-hybridized carbons (Fsp3) is 0.562. The standard InChI is InChI=1S/C16H28O3Si/c1-6-12-15(19-20(3,4)5)13-10-8-9-11-14-16(17)18-7-2/h6,11-12,14H,1,7-10,13H2,2-5H3/b14-11+,15-12-. The van der Waals surface area contributed by atoms with Gasteiger partial charge in [-0.05, 0) is 51.9 Å². The average molecular weight is 296 g/mol. The van der Waals surface area contributed by atoms with Crippen LogP contribution in [0.25, 0.3) is 0 Å². The normalized spacial score (nSPS) is 12.5. The minimum absolute atomic E-state index is 0.262. The van der Waals surface area contributed by atoms with Gasteiger partial charge < -0.3 is 9.16 Å². The lowest BCUT2D eigenvalue weighted by Gasteiger charge is -2.21. The lowest BCUT2D eigenvalue weighted by Crippen LogP contribution is -2.24. The number of rotatable bonds is 10. The highest BCUT2D eigenvalue weighted by atomic mass is 28.4. The zero-order valence-electron chi connectivity index (χ0n) is 13.3. The molecule has 0 aliphatic heterocycles. The number of hydrogen-bond donors (Lipinski definition) is 0. The van der Waals surface area contributed by atoms with Crippen LogP contribution in [0.1, 0.15) is 32.6 Å². The first-order valence-electron chi connectivity index (χ1n) is 7.23. The molecule has 0 heterocycles. The summed E-state index contributed by atoms with van der Waals surface area (Å²) in [5.74, 6) is 0.760. The molecule has 0 saturated heterocycles. The van der Waals surface area contributed by atoms with Crippen LogP contribution in [0.4, 0.5) is 0 Å². The summed E-state index contributed by atoms with van der Waals surface area (Å²) in [7, 11) is -1.55. The second kappa shape index (κ2) is 10.5. The molecule has 114 valence electrons. The van der Waals surface area contributed by atoms with Crippen LogP contribution >= 0.6 is 0 Å². The Labute approximate surface area is 124 Å². The summed E-state index contributed by atoms with van der Waals surface area (Å²) in [6.45, 7) is 12.5. The predicted octanol–water partition coefficient (Wildman–Crippen LogP) is 4.59. The van der Waals surface area contributed by atoms with Gasteiger partial charge in [0.2, 0.25) is 8.32 Å². The summed E-state index contributed by atoms with van der Waals surface area (Å²) in [5, 5.41) is 0. The van der Waals surface area contributed by atoms with Gasteiger partial charge in [0.1, 0.15) is 0 Å². The van der Waals surface area contributed by atoms with Crippen molar-refractivity contribution in [3.63, 3.8) is 0 Å². The van der Waals surface area contributed by atoms with Gasteiger partial charge in [0.05, 0.1) is 12.4 Å². The number of unbranched alkanes of at least 4 members (excludes halogenated alkanes) is 2. The van der Waals surface area contributed by atoms with Crippen molar-refractivity contribution in [1.82, 2.24) is 0 Å². The van der Waals surface area contributed by atoms with E-state index in [1.165, 1.54) is 6.08 Å². The molecule has 0 aromatic carbocycles. The quantitative estimate of drug-likeness (QED) is 0.148. The molecule has 0 amide bonds. The summed E-state index contributed by atoms with van der Waals surface area (Å²) >= 11 is 0. The third-order valence-corrected chi connectivity index (χ3v) is 3.20. The highest BCUT2D eigenvalue weighted by Crippen LogP contribution is 2.17. The highest BCUT2D eigenvalue weighted by molar-refractivity contribution is 6.70. The lowest BCUT2D eigenvalue weighted by atomic mass is 10.1. The van der Waals surface area contributed by atoms with Gasteiger partial charge in [-0.15, -0.1) is 0 Å². The van der Waals surface area contributed by atoms with Crippen molar-refractivity contribution in [1.29, 1.82) is 0 Å². The van der Waals surface area contributed by atoms with Crippen LogP contribution in [0.5, 0.6) is 0 Å². The van der Waals surface area contributed by atoms with Crippen molar-refractivity contribution in [2.45, 2.75) is 52.2 Å². The molecule has 0 aliphatic rings. The summed E-state index contributed by atoms with van der Waals surface area (Å²) in [6, 6.07) is 0. The summed E-state index contributed by atoms with van der Waals surface area (Å²) in [6.07, 6.45) is 11.0. The minimum Gasteiger partial charge on any atom is -0.547 e. The smallest absolute Gasteiger partial charge is 0.330 e. The van der Waals surface area contributed by atoms with E-state index < -0.39 is 8.32 Å². The van der Waals surface area contributed by atoms with Crippen molar-refractivity contribution in [3.8, 4) is 0 Å². The Balaban J connectivity index is 3.94. The Morgan fingerprint density at radius 2 is 1.95 bits per heavy atom. The van der Waals surface area contributed by atoms with Gasteiger partial charge in [-0.1, -0.05) is 18.7 Å².